The first-order valence-corrected chi connectivity index (χ1v) is 5.52. The molecule has 0 atom stereocenters. The van der Waals surface area contributed by atoms with E-state index in [1.54, 1.807) is 12.4 Å². The van der Waals surface area contributed by atoms with Crippen LogP contribution in [-0.2, 0) is 0 Å². The predicted octanol–water partition coefficient (Wildman–Crippen LogP) is 3.29. The summed E-state index contributed by atoms with van der Waals surface area (Å²) in [5.74, 6) is 0.0249. The number of nitrogens with one attached hydrogen (secondary N) is 1. The molecule has 1 N–H and O–H groups in total. The van der Waals surface area contributed by atoms with Crippen molar-refractivity contribution in [2.75, 3.05) is 0 Å². The van der Waals surface area contributed by atoms with Crippen LogP contribution in [0.15, 0.2) is 21.5 Å². The summed E-state index contributed by atoms with van der Waals surface area (Å²) in [6, 6.07) is 0. The molecule has 2 rings (SSSR count). The molecule has 0 saturated heterocycles. The van der Waals surface area contributed by atoms with Crippen LogP contribution in [0.5, 0.6) is 0 Å². The van der Waals surface area contributed by atoms with E-state index in [2.05, 4.69) is 41.8 Å². The molecule has 0 aliphatic heterocycles. The average molecular weight is 318 g/mol. The Morgan fingerprint density at radius 2 is 2.21 bits per heavy atom. The van der Waals surface area contributed by atoms with Crippen molar-refractivity contribution in [1.29, 1.82) is 0 Å². The molecule has 14 heavy (non-hydrogen) atoms. The van der Waals surface area contributed by atoms with Crippen LogP contribution < -0.4 is 0 Å². The number of pyridine rings is 1. The van der Waals surface area contributed by atoms with Gasteiger partial charge in [-0.2, -0.15) is 0 Å². The number of halogens is 2. The summed E-state index contributed by atoms with van der Waals surface area (Å²) < 4.78 is 1.53. The zero-order valence-electron chi connectivity index (χ0n) is 7.27. The Labute approximate surface area is 97.2 Å². The van der Waals surface area contributed by atoms with Crippen molar-refractivity contribution < 1.29 is 4.79 Å². The van der Waals surface area contributed by atoms with Crippen LogP contribution in [0.4, 0.5) is 0 Å². The number of nitrogens with zero attached hydrogens (tertiary/aromatic N) is 1. The molecule has 0 radical (unpaired) electrons. The number of carbonyl (C=O) groups is 1. The molecule has 72 valence electrons. The average Bonchev–Trinajstić information content (AvgIpc) is 2.56. The molecule has 0 spiro atoms. The molecule has 0 bridgehead atoms. The Hall–Kier alpha value is -0.680. The zero-order chi connectivity index (χ0) is 10.3. The van der Waals surface area contributed by atoms with Crippen molar-refractivity contribution in [3.8, 4) is 0 Å². The lowest BCUT2D eigenvalue weighted by molar-refractivity contribution is 0.101. The van der Waals surface area contributed by atoms with Crippen LogP contribution in [0.1, 0.15) is 17.3 Å². The molecule has 0 aromatic carbocycles. The van der Waals surface area contributed by atoms with Gasteiger partial charge in [-0.25, -0.2) is 4.98 Å². The number of hydrogen-bond acceptors (Lipinski definition) is 2. The number of carbonyl (C=O) groups excluding carboxylic acids is 1. The summed E-state index contributed by atoms with van der Waals surface area (Å²) in [6.45, 7) is 1.54. The highest BCUT2D eigenvalue weighted by Gasteiger charge is 2.13. The lowest BCUT2D eigenvalue weighted by atomic mass is 10.1. The van der Waals surface area contributed by atoms with Gasteiger partial charge in [0.15, 0.2) is 5.78 Å². The van der Waals surface area contributed by atoms with E-state index < -0.39 is 0 Å². The molecule has 0 saturated carbocycles. The first kappa shape index (κ1) is 9.86. The van der Waals surface area contributed by atoms with E-state index in [0.717, 1.165) is 15.4 Å². The van der Waals surface area contributed by atoms with Gasteiger partial charge in [-0.1, -0.05) is 0 Å². The van der Waals surface area contributed by atoms with Crippen LogP contribution in [0.25, 0.3) is 10.9 Å². The Bertz CT molecular complexity index is 519. The summed E-state index contributed by atoms with van der Waals surface area (Å²) in [7, 11) is 0. The van der Waals surface area contributed by atoms with Gasteiger partial charge < -0.3 is 4.98 Å². The monoisotopic (exact) mass is 316 g/mol. The van der Waals surface area contributed by atoms with Crippen LogP contribution in [0, 0.1) is 0 Å². The van der Waals surface area contributed by atoms with Gasteiger partial charge in [-0.05, 0) is 38.8 Å². The third-order valence-corrected chi connectivity index (χ3v) is 3.20. The molecule has 0 aliphatic carbocycles. The smallest absolute Gasteiger partial charge is 0.162 e. The third kappa shape index (κ3) is 1.40. The van der Waals surface area contributed by atoms with E-state index in [9.17, 15) is 4.79 Å². The van der Waals surface area contributed by atoms with Crippen LogP contribution in [-0.4, -0.2) is 15.8 Å². The van der Waals surface area contributed by atoms with Crippen LogP contribution >= 0.6 is 31.9 Å². The fraction of sp³-hybridized carbons (Fsp3) is 0.111. The molecule has 3 nitrogen and oxygen atoms in total. The van der Waals surface area contributed by atoms with Gasteiger partial charge in [0, 0.05) is 23.3 Å². The number of aromatic amines is 1. The van der Waals surface area contributed by atoms with Gasteiger partial charge in [-0.15, -0.1) is 0 Å². The van der Waals surface area contributed by atoms with Crippen molar-refractivity contribution in [2.45, 2.75) is 6.92 Å². The second-order valence-corrected chi connectivity index (χ2v) is 4.51. The Balaban J connectivity index is 2.90. The summed E-state index contributed by atoms with van der Waals surface area (Å²) in [5.41, 5.74) is 1.54. The number of fused-ring (bicyclic) bond motifs is 1. The van der Waals surface area contributed by atoms with Crippen molar-refractivity contribution in [2.24, 2.45) is 0 Å². The zero-order valence-corrected chi connectivity index (χ0v) is 10.4. The summed E-state index contributed by atoms with van der Waals surface area (Å²) >= 11 is 6.69. The van der Waals surface area contributed by atoms with E-state index in [0.29, 0.717) is 10.2 Å². The van der Waals surface area contributed by atoms with Crippen LogP contribution in [0.2, 0.25) is 0 Å². The molecular weight excluding hydrogens is 312 g/mol. The topological polar surface area (TPSA) is 45.8 Å². The van der Waals surface area contributed by atoms with E-state index >= 15 is 0 Å². The minimum absolute atomic E-state index is 0.0249. The van der Waals surface area contributed by atoms with Crippen molar-refractivity contribution in [3.05, 3.63) is 27.0 Å². The Morgan fingerprint density at radius 3 is 2.86 bits per heavy atom. The standard InChI is InChI=1S/C9H6Br2N2O/c1-4(14)5-2-12-8-6(10)3-13-9(11)7(5)8/h2-3,12H,1H3. The quantitative estimate of drug-likeness (QED) is 0.648. The number of H-pyrrole nitrogens is 1. The fourth-order valence-corrected chi connectivity index (χ4v) is 2.28. The Kier molecular flexibility index (Phi) is 2.45. The molecule has 0 amide bonds. The number of Topliss-reactive ketones (excluding diaryl/α,β-unsaturated/α-hetero) is 1. The maximum atomic E-state index is 11.3. The molecule has 0 aliphatic rings. The second kappa shape index (κ2) is 3.47. The highest BCUT2D eigenvalue weighted by Crippen LogP contribution is 2.30. The molecule has 2 heterocycles. The van der Waals surface area contributed by atoms with Gasteiger partial charge in [0.2, 0.25) is 0 Å². The maximum Gasteiger partial charge on any atom is 0.162 e. The summed E-state index contributed by atoms with van der Waals surface area (Å²) in [6.07, 6.45) is 3.39. The third-order valence-electron chi connectivity index (χ3n) is 2.00. The van der Waals surface area contributed by atoms with Gasteiger partial charge in [0.05, 0.1) is 9.99 Å². The summed E-state index contributed by atoms with van der Waals surface area (Å²) in [5, 5.41) is 0.826. The minimum Gasteiger partial charge on any atom is -0.359 e. The first-order chi connectivity index (χ1) is 6.61. The van der Waals surface area contributed by atoms with Gasteiger partial charge in [-0.3, -0.25) is 4.79 Å². The Morgan fingerprint density at radius 1 is 1.50 bits per heavy atom. The molecular formula is C9H6Br2N2O. The van der Waals surface area contributed by atoms with Crippen molar-refractivity contribution in [1.82, 2.24) is 9.97 Å². The number of ketones is 1. The lowest BCUT2D eigenvalue weighted by Gasteiger charge is -1.97. The predicted molar refractivity (Wildman–Crippen MR) is 61.5 cm³/mol. The van der Waals surface area contributed by atoms with Gasteiger partial charge in [0.25, 0.3) is 0 Å². The van der Waals surface area contributed by atoms with E-state index in [4.69, 9.17) is 0 Å². The fourth-order valence-electron chi connectivity index (χ4n) is 1.35. The van der Waals surface area contributed by atoms with Crippen molar-refractivity contribution in [3.63, 3.8) is 0 Å². The minimum atomic E-state index is 0.0249. The molecule has 0 fully saturated rings. The molecule has 0 unspecified atom stereocenters. The number of rotatable bonds is 1. The highest BCUT2D eigenvalue weighted by molar-refractivity contribution is 9.11. The van der Waals surface area contributed by atoms with E-state index in [-0.39, 0.29) is 5.78 Å². The number of aromatic nitrogens is 2. The lowest BCUT2D eigenvalue weighted by Crippen LogP contribution is -1.90. The highest BCUT2D eigenvalue weighted by atomic mass is 79.9. The summed E-state index contributed by atoms with van der Waals surface area (Å²) in [4.78, 5) is 18.5. The van der Waals surface area contributed by atoms with Crippen molar-refractivity contribution >= 4 is 48.5 Å². The first-order valence-electron chi connectivity index (χ1n) is 3.93. The molecule has 2 aromatic heterocycles. The molecule has 2 aromatic rings. The van der Waals surface area contributed by atoms with E-state index in [1.165, 1.54) is 6.92 Å². The maximum absolute atomic E-state index is 11.3. The normalized spacial score (nSPS) is 10.8. The van der Waals surface area contributed by atoms with E-state index in [1.807, 2.05) is 0 Å². The van der Waals surface area contributed by atoms with Gasteiger partial charge >= 0.3 is 0 Å². The van der Waals surface area contributed by atoms with Crippen LogP contribution in [0.3, 0.4) is 0 Å². The second-order valence-electron chi connectivity index (χ2n) is 2.91. The largest absolute Gasteiger partial charge is 0.359 e. The SMILES string of the molecule is CC(=O)c1c[nH]c2c(Br)cnc(Br)c12. The molecule has 5 heteroatoms. The van der Waals surface area contributed by atoms with Gasteiger partial charge in [0.1, 0.15) is 4.60 Å². The number of hydrogen-bond donors (Lipinski definition) is 1.